The first kappa shape index (κ1) is 15.9. The summed E-state index contributed by atoms with van der Waals surface area (Å²) in [5.41, 5.74) is 0. The fourth-order valence-corrected chi connectivity index (χ4v) is 0. The molecule has 6 nitrogen and oxygen atoms in total. The van der Waals surface area contributed by atoms with Crippen molar-refractivity contribution in [1.82, 2.24) is 0 Å². The average molecular weight is 178 g/mol. The van der Waals surface area contributed by atoms with Gasteiger partial charge in [0.05, 0.1) is 0 Å². The van der Waals surface area contributed by atoms with E-state index >= 15 is 0 Å². The van der Waals surface area contributed by atoms with Gasteiger partial charge in [0.25, 0.3) is 0 Å². The predicted molar refractivity (Wildman–Crippen MR) is 10.6 cm³/mol. The van der Waals surface area contributed by atoms with Crippen LogP contribution in [-0.4, -0.2) is 14.7 Å². The molecule has 0 fully saturated rings. The van der Waals surface area contributed by atoms with Gasteiger partial charge in [-0.3, -0.25) is 10.5 Å². The van der Waals surface area contributed by atoms with Gasteiger partial charge in [0.1, 0.15) is 0 Å². The van der Waals surface area contributed by atoms with Crippen LogP contribution in [0, 0.1) is 0 Å². The van der Waals surface area contributed by atoms with Crippen LogP contribution in [0.25, 0.3) is 0 Å². The second kappa shape index (κ2) is 7.80. The molecule has 0 unspecified atom stereocenters. The predicted octanol–water partition coefficient (Wildman–Crippen LogP) is -3.78. The van der Waals surface area contributed by atoms with Crippen molar-refractivity contribution in [3.05, 3.63) is 0 Å². The van der Waals surface area contributed by atoms with E-state index in [1.807, 2.05) is 0 Å². The zero-order valence-corrected chi connectivity index (χ0v) is 7.12. The molecule has 3 N–H and O–H groups in total. The molecule has 0 bridgehead atoms. The maximum absolute atomic E-state index is 8.69. The topological polar surface area (TPSA) is 112 Å². The Morgan fingerprint density at radius 1 is 1.12 bits per heavy atom. The van der Waals surface area contributed by atoms with Crippen molar-refractivity contribution in [1.29, 1.82) is 0 Å². The van der Waals surface area contributed by atoms with Crippen LogP contribution in [0.2, 0.25) is 0 Å². The monoisotopic (exact) mass is 178 g/mol. The van der Waals surface area contributed by atoms with E-state index in [4.69, 9.17) is 26.2 Å². The van der Waals surface area contributed by atoms with Crippen LogP contribution >= 0.6 is 0 Å². The van der Waals surface area contributed by atoms with Gasteiger partial charge in [-0.05, 0) is 0 Å². The Bertz CT molecular complexity index is 134. The van der Waals surface area contributed by atoms with Crippen LogP contribution in [0.4, 0.5) is 0 Å². The molecule has 0 aromatic carbocycles. The molecule has 0 atom stereocenters. The molecule has 0 aliphatic rings. The SMILES string of the molecule is OO.[H-].[Na+].[O]=[Mn](=[O])(=[O])[OH]. The fourth-order valence-electron chi connectivity index (χ4n) is 0. The van der Waals surface area contributed by atoms with Crippen molar-refractivity contribution in [3.8, 4) is 0 Å². The standard InChI is InChI=1S/Mn.Na.H2O2.H2O.3O.H/c;;1-2;;;;;/h;;1-2H;1H2;;;;/q2*+1;;;;;;-1/p-1. The van der Waals surface area contributed by atoms with E-state index in [0.29, 0.717) is 0 Å². The first-order valence-corrected chi connectivity index (χ1v) is 2.81. The van der Waals surface area contributed by atoms with E-state index in [0.717, 1.165) is 0 Å². The summed E-state index contributed by atoms with van der Waals surface area (Å²) in [5, 5.41) is 12.0. The average Bonchev–Trinajstić information content (AvgIpc) is 1.36. The Morgan fingerprint density at radius 2 is 1.12 bits per heavy atom. The summed E-state index contributed by atoms with van der Waals surface area (Å²) in [4.78, 5) is 0. The fraction of sp³-hybridized carbons (Fsp3) is 0. The molecular weight excluding hydrogens is 174 g/mol. The van der Waals surface area contributed by atoms with Crippen LogP contribution in [0.1, 0.15) is 1.43 Å². The Labute approximate surface area is 70.0 Å². The second-order valence-electron chi connectivity index (χ2n) is 0.396. The Kier molecular flexibility index (Phi) is 15.5. The van der Waals surface area contributed by atoms with E-state index < -0.39 is 13.0 Å². The summed E-state index contributed by atoms with van der Waals surface area (Å²) in [7, 11) is 0. The molecule has 0 heterocycles. The minimum absolute atomic E-state index is 0. The molecule has 0 amide bonds. The molecule has 8 heavy (non-hydrogen) atoms. The normalized spacial score (nSPS) is 7.88. The van der Waals surface area contributed by atoms with Gasteiger partial charge in [-0.2, -0.15) is 0 Å². The molecule has 0 aliphatic heterocycles. The molecule has 0 saturated carbocycles. The van der Waals surface area contributed by atoms with Gasteiger partial charge >= 0.3 is 58.2 Å². The van der Waals surface area contributed by atoms with Crippen molar-refractivity contribution in [2.45, 2.75) is 0 Å². The maximum atomic E-state index is 8.69. The Hall–Kier alpha value is 0.799. The van der Waals surface area contributed by atoms with Crippen molar-refractivity contribution >= 4 is 0 Å². The van der Waals surface area contributed by atoms with Gasteiger partial charge in [0.2, 0.25) is 0 Å². The van der Waals surface area contributed by atoms with Crippen molar-refractivity contribution in [3.63, 3.8) is 0 Å². The zero-order chi connectivity index (χ0) is 6.50. The number of rotatable bonds is 0. The van der Waals surface area contributed by atoms with Crippen molar-refractivity contribution in [2.24, 2.45) is 0 Å². The summed E-state index contributed by atoms with van der Waals surface area (Å²) in [6.07, 6.45) is 0. The van der Waals surface area contributed by atoms with Gasteiger partial charge in [0, 0.05) is 0 Å². The molecule has 0 radical (unpaired) electrons. The van der Waals surface area contributed by atoms with Crippen LogP contribution in [-0.2, 0) is 24.5 Å². The third kappa shape index (κ3) is 358. The van der Waals surface area contributed by atoms with E-state index in [1.54, 1.807) is 0 Å². The Morgan fingerprint density at radius 3 is 1.12 bits per heavy atom. The van der Waals surface area contributed by atoms with Crippen LogP contribution in [0.5, 0.6) is 0 Å². The minimum atomic E-state index is -5.38. The first-order valence-electron chi connectivity index (χ1n) is 0.832. The van der Waals surface area contributed by atoms with E-state index in [2.05, 4.69) is 0 Å². The number of hydrogen-bond acceptors (Lipinski definition) is 5. The van der Waals surface area contributed by atoms with E-state index in [-0.39, 0.29) is 31.0 Å². The second-order valence-corrected chi connectivity index (χ2v) is 1.63. The van der Waals surface area contributed by atoms with Crippen LogP contribution < -0.4 is 29.6 Å². The third-order valence-electron chi connectivity index (χ3n) is 0. The van der Waals surface area contributed by atoms with Crippen molar-refractivity contribution in [2.75, 3.05) is 0 Å². The Balaban J connectivity index is -0.0000000286. The molecule has 8 heteroatoms. The third-order valence-corrected chi connectivity index (χ3v) is 0. The van der Waals surface area contributed by atoms with E-state index in [9.17, 15) is 0 Å². The van der Waals surface area contributed by atoms with Gasteiger partial charge in [-0.15, -0.1) is 0 Å². The molecule has 0 saturated heterocycles. The molecule has 0 rings (SSSR count). The summed E-state index contributed by atoms with van der Waals surface area (Å²) in [5.74, 6) is 0. The molecule has 48 valence electrons. The first-order chi connectivity index (χ1) is 3.00. The van der Waals surface area contributed by atoms with Gasteiger partial charge in [-0.1, -0.05) is 0 Å². The molecule has 0 aromatic rings. The summed E-state index contributed by atoms with van der Waals surface area (Å²) >= 11 is -5.38. The van der Waals surface area contributed by atoms with E-state index in [1.165, 1.54) is 0 Å². The quantitative estimate of drug-likeness (QED) is 0.199. The molecular formula is H4MnNaO6. The van der Waals surface area contributed by atoms with Gasteiger partial charge in [-0.25, -0.2) is 0 Å². The summed E-state index contributed by atoms with van der Waals surface area (Å²) < 4.78 is 33.1. The zero-order valence-electron chi connectivity index (χ0n) is 4.94. The van der Waals surface area contributed by atoms with Gasteiger partial charge < -0.3 is 1.43 Å². The number of hydrogen-bond donors (Lipinski definition) is 3. The molecule has 0 spiro atoms. The van der Waals surface area contributed by atoms with Crippen molar-refractivity contribution < 1.29 is 70.2 Å². The molecule has 0 aromatic heterocycles. The molecule has 0 aliphatic carbocycles. The summed E-state index contributed by atoms with van der Waals surface area (Å²) in [6.45, 7) is 0. The summed E-state index contributed by atoms with van der Waals surface area (Å²) in [6, 6.07) is 0. The van der Waals surface area contributed by atoms with Gasteiger partial charge in [0.15, 0.2) is 0 Å². The van der Waals surface area contributed by atoms with Crippen LogP contribution in [0.3, 0.4) is 0 Å². The van der Waals surface area contributed by atoms with Crippen LogP contribution in [0.15, 0.2) is 0 Å².